The largest absolute Gasteiger partial charge is 0.478 e. The number of nitrogens with one attached hydrogen (secondary N) is 1. The molecule has 3 heterocycles. The number of hydrogen-bond acceptors (Lipinski definition) is 6. The molecule has 2 aromatic heterocycles. The fourth-order valence-corrected chi connectivity index (χ4v) is 3.73. The molecule has 140 valence electrons. The highest BCUT2D eigenvalue weighted by Gasteiger charge is 2.33. The lowest BCUT2D eigenvalue weighted by Gasteiger charge is -2.29. The number of ether oxygens (including phenoxy) is 1. The number of allylic oxidation sites excluding steroid dienone is 2. The second-order valence-electron chi connectivity index (χ2n) is 6.66. The van der Waals surface area contributed by atoms with Crippen LogP contribution in [0, 0.1) is 18.3 Å². The summed E-state index contributed by atoms with van der Waals surface area (Å²) in [5.74, 6) is 0.532. The van der Waals surface area contributed by atoms with Crippen LogP contribution in [0.2, 0.25) is 0 Å². The Labute approximate surface area is 162 Å². The highest BCUT2D eigenvalue weighted by atomic mass is 16.5. The van der Waals surface area contributed by atoms with E-state index < -0.39 is 5.92 Å². The number of para-hydroxylation sites is 1. The molecule has 1 atom stereocenters. The molecule has 0 bridgehead atoms. The van der Waals surface area contributed by atoms with Gasteiger partial charge in [0.05, 0.1) is 35.1 Å². The number of aryl methyl sites for hydroxylation is 1. The van der Waals surface area contributed by atoms with Gasteiger partial charge in [0.1, 0.15) is 11.3 Å². The SMILES string of the molecule is CCOc1nccc2c1C(c1cccc3c(=O)cc(C)oc13)C(C#N)=C(C)N2. The van der Waals surface area contributed by atoms with Crippen LogP contribution in [0.5, 0.6) is 5.88 Å². The van der Waals surface area contributed by atoms with Gasteiger partial charge in [-0.1, -0.05) is 12.1 Å². The Hall–Kier alpha value is -3.59. The van der Waals surface area contributed by atoms with Crippen molar-refractivity contribution in [3.8, 4) is 11.9 Å². The number of rotatable bonds is 3. The Morgan fingerprint density at radius 3 is 2.89 bits per heavy atom. The van der Waals surface area contributed by atoms with Gasteiger partial charge in [0.25, 0.3) is 0 Å². The molecule has 4 rings (SSSR count). The minimum absolute atomic E-state index is 0.106. The Morgan fingerprint density at radius 2 is 2.14 bits per heavy atom. The van der Waals surface area contributed by atoms with Crippen LogP contribution in [-0.2, 0) is 0 Å². The summed E-state index contributed by atoms with van der Waals surface area (Å²) in [6.45, 7) is 5.94. The summed E-state index contributed by atoms with van der Waals surface area (Å²) >= 11 is 0. The van der Waals surface area contributed by atoms with E-state index >= 15 is 0 Å². The van der Waals surface area contributed by atoms with Gasteiger partial charge in [-0.25, -0.2) is 4.98 Å². The normalized spacial score (nSPS) is 15.7. The second kappa shape index (κ2) is 6.86. The van der Waals surface area contributed by atoms with Gasteiger partial charge in [0.2, 0.25) is 5.88 Å². The third-order valence-electron chi connectivity index (χ3n) is 4.88. The van der Waals surface area contributed by atoms with Crippen LogP contribution in [0.1, 0.15) is 36.7 Å². The molecule has 28 heavy (non-hydrogen) atoms. The maximum atomic E-state index is 12.5. The predicted octanol–water partition coefficient (Wildman–Crippen LogP) is 4.25. The molecule has 1 N–H and O–H groups in total. The lowest BCUT2D eigenvalue weighted by Crippen LogP contribution is -2.19. The standard InChI is InChI=1S/C22H19N3O3/c1-4-27-22-20-17(8-9-24-22)25-13(3)16(11-23)19(20)15-7-5-6-14-18(26)10-12(2)28-21(14)15/h5-10,19,25H,4H2,1-3H3. The van der Waals surface area contributed by atoms with Crippen molar-refractivity contribution in [2.75, 3.05) is 11.9 Å². The highest BCUT2D eigenvalue weighted by Crippen LogP contribution is 2.46. The number of benzene rings is 1. The highest BCUT2D eigenvalue weighted by molar-refractivity contribution is 5.83. The van der Waals surface area contributed by atoms with Crippen molar-refractivity contribution in [3.05, 3.63) is 74.9 Å². The van der Waals surface area contributed by atoms with Crippen LogP contribution in [0.3, 0.4) is 0 Å². The summed E-state index contributed by atoms with van der Waals surface area (Å²) in [5, 5.41) is 13.7. The van der Waals surface area contributed by atoms with Gasteiger partial charge >= 0.3 is 0 Å². The molecule has 3 aromatic rings. The van der Waals surface area contributed by atoms with Gasteiger partial charge in [0.15, 0.2) is 5.43 Å². The fourth-order valence-electron chi connectivity index (χ4n) is 3.73. The molecule has 6 heteroatoms. The van der Waals surface area contributed by atoms with E-state index in [4.69, 9.17) is 9.15 Å². The molecule has 0 spiro atoms. The van der Waals surface area contributed by atoms with Crippen LogP contribution in [-0.4, -0.2) is 11.6 Å². The molecular weight excluding hydrogens is 354 g/mol. The molecule has 0 fully saturated rings. The molecule has 1 unspecified atom stereocenters. The van der Waals surface area contributed by atoms with Crippen molar-refractivity contribution in [3.63, 3.8) is 0 Å². The van der Waals surface area contributed by atoms with E-state index in [-0.39, 0.29) is 5.43 Å². The number of fused-ring (bicyclic) bond motifs is 2. The van der Waals surface area contributed by atoms with Crippen molar-refractivity contribution in [2.45, 2.75) is 26.7 Å². The molecule has 1 aliphatic rings. The van der Waals surface area contributed by atoms with Crippen molar-refractivity contribution in [2.24, 2.45) is 0 Å². The number of pyridine rings is 1. The number of nitriles is 1. The minimum atomic E-state index is -0.454. The average Bonchev–Trinajstić information content (AvgIpc) is 2.67. The first-order valence-corrected chi connectivity index (χ1v) is 9.08. The van der Waals surface area contributed by atoms with Gasteiger partial charge < -0.3 is 14.5 Å². The molecular formula is C22H19N3O3. The van der Waals surface area contributed by atoms with Crippen LogP contribution in [0.25, 0.3) is 11.0 Å². The topological polar surface area (TPSA) is 88.2 Å². The van der Waals surface area contributed by atoms with E-state index in [1.54, 1.807) is 19.2 Å². The van der Waals surface area contributed by atoms with Crippen molar-refractivity contribution in [1.82, 2.24) is 4.98 Å². The van der Waals surface area contributed by atoms with Crippen LogP contribution in [0.4, 0.5) is 5.69 Å². The van der Waals surface area contributed by atoms with E-state index in [0.29, 0.717) is 34.8 Å². The van der Waals surface area contributed by atoms with Crippen LogP contribution < -0.4 is 15.5 Å². The minimum Gasteiger partial charge on any atom is -0.478 e. The first kappa shape index (κ1) is 17.8. The number of aromatic nitrogens is 1. The fraction of sp³-hybridized carbons (Fsp3) is 0.227. The summed E-state index contributed by atoms with van der Waals surface area (Å²) in [7, 11) is 0. The monoisotopic (exact) mass is 373 g/mol. The Morgan fingerprint density at radius 1 is 1.32 bits per heavy atom. The van der Waals surface area contributed by atoms with Crippen LogP contribution in [0.15, 0.2) is 57.0 Å². The van der Waals surface area contributed by atoms with E-state index in [1.165, 1.54) is 6.07 Å². The Balaban J connectivity index is 2.09. The van der Waals surface area contributed by atoms with Gasteiger partial charge in [-0.15, -0.1) is 0 Å². The number of nitrogens with zero attached hydrogens (tertiary/aromatic N) is 2. The molecule has 0 saturated heterocycles. The average molecular weight is 373 g/mol. The summed E-state index contributed by atoms with van der Waals surface area (Å²) in [4.78, 5) is 16.9. The van der Waals surface area contributed by atoms with E-state index in [1.807, 2.05) is 32.0 Å². The number of hydrogen-bond donors (Lipinski definition) is 1. The zero-order valence-electron chi connectivity index (χ0n) is 15.9. The molecule has 1 aromatic carbocycles. The summed E-state index contributed by atoms with van der Waals surface area (Å²) < 4.78 is 11.7. The van der Waals surface area contributed by atoms with Crippen molar-refractivity contribution >= 4 is 16.7 Å². The molecule has 0 saturated carbocycles. The molecule has 0 amide bonds. The van der Waals surface area contributed by atoms with Gasteiger partial charge in [-0.3, -0.25) is 4.79 Å². The Bertz CT molecular complexity index is 1220. The van der Waals surface area contributed by atoms with E-state index in [9.17, 15) is 10.1 Å². The summed E-state index contributed by atoms with van der Waals surface area (Å²) in [6.07, 6.45) is 1.67. The maximum Gasteiger partial charge on any atom is 0.219 e. The summed E-state index contributed by atoms with van der Waals surface area (Å²) in [5.41, 5.74) is 4.00. The lowest BCUT2D eigenvalue weighted by molar-refractivity contribution is 0.322. The summed E-state index contributed by atoms with van der Waals surface area (Å²) in [6, 6.07) is 11.1. The third-order valence-corrected chi connectivity index (χ3v) is 4.88. The third kappa shape index (κ3) is 2.72. The first-order valence-electron chi connectivity index (χ1n) is 9.08. The molecule has 0 radical (unpaired) electrons. The van der Waals surface area contributed by atoms with E-state index in [0.717, 1.165) is 22.5 Å². The number of anilines is 1. The lowest BCUT2D eigenvalue weighted by atomic mass is 9.81. The van der Waals surface area contributed by atoms with Crippen LogP contribution >= 0.6 is 0 Å². The second-order valence-corrected chi connectivity index (χ2v) is 6.66. The van der Waals surface area contributed by atoms with Gasteiger partial charge in [-0.05, 0) is 32.9 Å². The smallest absolute Gasteiger partial charge is 0.219 e. The van der Waals surface area contributed by atoms with Crippen molar-refractivity contribution < 1.29 is 9.15 Å². The van der Waals surface area contributed by atoms with E-state index in [2.05, 4.69) is 16.4 Å². The van der Waals surface area contributed by atoms with Gasteiger partial charge in [0, 0.05) is 29.2 Å². The van der Waals surface area contributed by atoms with Gasteiger partial charge in [-0.2, -0.15) is 5.26 Å². The molecule has 0 aliphatic carbocycles. The first-order chi connectivity index (χ1) is 13.5. The predicted molar refractivity (Wildman–Crippen MR) is 106 cm³/mol. The maximum absolute atomic E-state index is 12.5. The zero-order valence-corrected chi connectivity index (χ0v) is 15.9. The zero-order chi connectivity index (χ0) is 19.8. The van der Waals surface area contributed by atoms with Crippen molar-refractivity contribution in [1.29, 1.82) is 5.26 Å². The quantitative estimate of drug-likeness (QED) is 0.738. The molecule has 6 nitrogen and oxygen atoms in total. The molecule has 1 aliphatic heterocycles. The Kier molecular flexibility index (Phi) is 4.36.